The van der Waals surface area contributed by atoms with E-state index in [0.29, 0.717) is 30.4 Å². The van der Waals surface area contributed by atoms with Crippen LogP contribution in [0.5, 0.6) is 11.5 Å². The number of rotatable bonds is 2. The van der Waals surface area contributed by atoms with Crippen molar-refractivity contribution in [2.75, 3.05) is 6.61 Å². The number of phenols is 2. The third kappa shape index (κ3) is 2.92. The molecule has 2 bridgehead atoms. The molecule has 0 spiro atoms. The lowest BCUT2D eigenvalue weighted by molar-refractivity contribution is -0.327. The predicted molar refractivity (Wildman–Crippen MR) is 117 cm³/mol. The Bertz CT molecular complexity index is 867. The fraction of sp³-hybridized carbons (Fsp3) is 0.769. The van der Waals surface area contributed by atoms with Crippen molar-refractivity contribution in [3.8, 4) is 11.5 Å². The first-order chi connectivity index (χ1) is 14.5. The molecular weight excluding hydrogens is 392 g/mol. The van der Waals surface area contributed by atoms with E-state index < -0.39 is 11.9 Å². The molecule has 4 N–H and O–H groups in total. The Labute approximate surface area is 185 Å². The van der Waals surface area contributed by atoms with Crippen molar-refractivity contribution in [1.82, 2.24) is 0 Å². The number of benzene rings is 1. The highest BCUT2D eigenvalue weighted by molar-refractivity contribution is 5.39. The summed E-state index contributed by atoms with van der Waals surface area (Å²) in [6, 6.07) is 4.68. The van der Waals surface area contributed by atoms with E-state index >= 15 is 0 Å². The largest absolute Gasteiger partial charge is 0.508 e. The average Bonchev–Trinajstić information content (AvgIpc) is 2.70. The van der Waals surface area contributed by atoms with Gasteiger partial charge in [-0.15, -0.1) is 0 Å². The summed E-state index contributed by atoms with van der Waals surface area (Å²) in [6.07, 6.45) is 6.88. The van der Waals surface area contributed by atoms with E-state index in [1.807, 2.05) is 6.92 Å². The average molecular weight is 431 g/mol. The van der Waals surface area contributed by atoms with Crippen molar-refractivity contribution < 1.29 is 25.2 Å². The van der Waals surface area contributed by atoms with Crippen LogP contribution in [0.1, 0.15) is 71.3 Å². The van der Waals surface area contributed by atoms with Crippen LogP contribution in [-0.4, -0.2) is 38.9 Å². The van der Waals surface area contributed by atoms with Gasteiger partial charge in [0.25, 0.3) is 0 Å². The summed E-state index contributed by atoms with van der Waals surface area (Å²) >= 11 is 0. The quantitative estimate of drug-likeness (QED) is 0.524. The maximum absolute atomic E-state index is 11.6. The van der Waals surface area contributed by atoms with E-state index in [4.69, 9.17) is 4.74 Å². The maximum atomic E-state index is 11.6. The SMILES string of the molecule is C[C@@]12CC[C@@H]3[C@]4(CCC[C@]3(C)C(O)OC4)[C@H]1CC[C@](C)(O)[C@H]2Cc1cc(O)ccc1O. The molecular formula is C26H38O5. The third-order valence-electron chi connectivity index (χ3n) is 10.4. The molecule has 0 aromatic heterocycles. The van der Waals surface area contributed by atoms with Crippen molar-refractivity contribution >= 4 is 0 Å². The third-order valence-corrected chi connectivity index (χ3v) is 10.4. The van der Waals surface area contributed by atoms with Gasteiger partial charge >= 0.3 is 0 Å². The molecule has 1 unspecified atom stereocenters. The summed E-state index contributed by atoms with van der Waals surface area (Å²) in [5, 5.41) is 42.8. The van der Waals surface area contributed by atoms with E-state index in [1.165, 1.54) is 6.07 Å². The van der Waals surface area contributed by atoms with Crippen molar-refractivity contribution in [3.05, 3.63) is 23.8 Å². The van der Waals surface area contributed by atoms with Gasteiger partial charge in [0.15, 0.2) is 6.29 Å². The topological polar surface area (TPSA) is 90.2 Å². The van der Waals surface area contributed by atoms with Gasteiger partial charge in [0.05, 0.1) is 12.2 Å². The molecule has 1 heterocycles. The number of ether oxygens (including phenoxy) is 1. The number of fused-ring (bicyclic) bond motifs is 1. The first-order valence-corrected chi connectivity index (χ1v) is 12.1. The summed E-state index contributed by atoms with van der Waals surface area (Å²) in [5.41, 5.74) is -0.360. The lowest BCUT2D eigenvalue weighted by Crippen LogP contribution is -2.68. The first kappa shape index (κ1) is 21.5. The van der Waals surface area contributed by atoms with Crippen LogP contribution in [0, 0.1) is 34.0 Å². The minimum atomic E-state index is -0.834. The molecule has 4 fully saturated rings. The van der Waals surface area contributed by atoms with Crippen molar-refractivity contribution in [2.45, 2.75) is 84.0 Å². The van der Waals surface area contributed by atoms with Crippen LogP contribution in [0.15, 0.2) is 18.2 Å². The zero-order chi connectivity index (χ0) is 22.2. The normalized spacial score (nSPS) is 49.2. The van der Waals surface area contributed by atoms with E-state index in [1.54, 1.807) is 12.1 Å². The minimum absolute atomic E-state index is 0.0261. The van der Waals surface area contributed by atoms with Crippen molar-refractivity contribution in [1.29, 1.82) is 0 Å². The second-order valence-corrected chi connectivity index (χ2v) is 11.9. The molecule has 1 aromatic carbocycles. The molecule has 0 amide bonds. The smallest absolute Gasteiger partial charge is 0.160 e. The minimum Gasteiger partial charge on any atom is -0.508 e. The van der Waals surface area contributed by atoms with Crippen LogP contribution >= 0.6 is 0 Å². The summed E-state index contributed by atoms with van der Waals surface area (Å²) in [4.78, 5) is 0. The van der Waals surface area contributed by atoms with E-state index in [0.717, 1.165) is 44.9 Å². The van der Waals surface area contributed by atoms with Gasteiger partial charge in [-0.2, -0.15) is 0 Å². The number of aliphatic hydroxyl groups is 2. The molecule has 172 valence electrons. The highest BCUT2D eigenvalue weighted by atomic mass is 16.6. The monoisotopic (exact) mass is 430 g/mol. The van der Waals surface area contributed by atoms with Crippen LogP contribution in [0.25, 0.3) is 0 Å². The molecule has 1 saturated heterocycles. The highest BCUT2D eigenvalue weighted by Crippen LogP contribution is 2.72. The molecule has 5 nitrogen and oxygen atoms in total. The number of hydrogen-bond acceptors (Lipinski definition) is 5. The molecule has 1 aliphatic heterocycles. The Morgan fingerprint density at radius 2 is 1.68 bits per heavy atom. The summed E-state index contributed by atoms with van der Waals surface area (Å²) in [6.45, 7) is 7.13. The van der Waals surface area contributed by atoms with Crippen LogP contribution in [0.3, 0.4) is 0 Å². The molecule has 1 aromatic rings. The Morgan fingerprint density at radius 3 is 2.45 bits per heavy atom. The predicted octanol–water partition coefficient (Wildman–Crippen LogP) is 4.36. The number of aliphatic hydroxyl groups excluding tert-OH is 1. The second kappa shape index (κ2) is 6.85. The number of aromatic hydroxyl groups is 2. The first-order valence-electron chi connectivity index (χ1n) is 12.1. The van der Waals surface area contributed by atoms with Gasteiger partial charge in [0.2, 0.25) is 0 Å². The van der Waals surface area contributed by atoms with Gasteiger partial charge in [0.1, 0.15) is 11.5 Å². The lowest BCUT2D eigenvalue weighted by atomic mass is 9.37. The van der Waals surface area contributed by atoms with Crippen molar-refractivity contribution in [2.24, 2.45) is 34.0 Å². The summed E-state index contributed by atoms with van der Waals surface area (Å²) < 4.78 is 6.06. The second-order valence-electron chi connectivity index (χ2n) is 11.9. The molecule has 5 heteroatoms. The molecule has 5 rings (SSSR count). The molecule has 0 radical (unpaired) electrons. The van der Waals surface area contributed by atoms with Gasteiger partial charge in [-0.1, -0.05) is 20.3 Å². The molecule has 31 heavy (non-hydrogen) atoms. The number of phenolic OH excluding ortho intramolecular Hbond substituents is 2. The molecule has 3 saturated carbocycles. The fourth-order valence-corrected chi connectivity index (χ4v) is 8.88. The van der Waals surface area contributed by atoms with Gasteiger partial charge in [-0.05, 0) is 98.8 Å². The summed E-state index contributed by atoms with van der Waals surface area (Å²) in [5.74, 6) is 1.16. The Hall–Kier alpha value is -1.30. The molecule has 4 aliphatic rings. The maximum Gasteiger partial charge on any atom is 0.160 e. The lowest BCUT2D eigenvalue weighted by Gasteiger charge is -2.70. The Kier molecular flexibility index (Phi) is 4.76. The van der Waals surface area contributed by atoms with Gasteiger partial charge in [-0.3, -0.25) is 0 Å². The van der Waals surface area contributed by atoms with Gasteiger partial charge < -0.3 is 25.2 Å². The number of hydrogen-bond donors (Lipinski definition) is 4. The van der Waals surface area contributed by atoms with Crippen LogP contribution in [-0.2, 0) is 11.2 Å². The molecule has 3 aliphatic carbocycles. The van der Waals surface area contributed by atoms with Crippen LogP contribution in [0.2, 0.25) is 0 Å². The molecule has 8 atom stereocenters. The Morgan fingerprint density at radius 1 is 0.968 bits per heavy atom. The van der Waals surface area contributed by atoms with Crippen molar-refractivity contribution in [3.63, 3.8) is 0 Å². The van der Waals surface area contributed by atoms with Crippen LogP contribution < -0.4 is 0 Å². The van der Waals surface area contributed by atoms with Gasteiger partial charge in [0, 0.05) is 10.8 Å². The van der Waals surface area contributed by atoms with E-state index in [-0.39, 0.29) is 33.7 Å². The fourth-order valence-electron chi connectivity index (χ4n) is 8.88. The highest BCUT2D eigenvalue weighted by Gasteiger charge is 2.69. The standard InChI is InChI=1S/C26H38O5/c1-23-11-7-20-24(2)9-4-10-26(20,15-31-22(24)29)19(23)8-12-25(3,30)21(23)14-16-13-17(27)5-6-18(16)28/h5-6,13,19-22,27-30H,4,7-12,14-15H2,1-3H3/t19-,20-,21-,22?,23+,24-,25-,26-/m0/s1. The van der Waals surface area contributed by atoms with Gasteiger partial charge in [-0.25, -0.2) is 0 Å². The van der Waals surface area contributed by atoms with Crippen LogP contribution in [0.4, 0.5) is 0 Å². The zero-order valence-electron chi connectivity index (χ0n) is 19.1. The van der Waals surface area contributed by atoms with E-state index in [9.17, 15) is 20.4 Å². The summed E-state index contributed by atoms with van der Waals surface area (Å²) in [7, 11) is 0. The van der Waals surface area contributed by atoms with E-state index in [2.05, 4.69) is 13.8 Å². The Balaban J connectivity index is 1.55. The zero-order valence-corrected chi connectivity index (χ0v) is 19.1.